The Hall–Kier alpha value is -1.02. The zero-order valence-electron chi connectivity index (χ0n) is 10.4. The van der Waals surface area contributed by atoms with Crippen LogP contribution < -0.4 is 5.32 Å². The second-order valence-corrected chi connectivity index (χ2v) is 4.53. The van der Waals surface area contributed by atoms with Gasteiger partial charge in [0.1, 0.15) is 6.04 Å². The minimum Gasteiger partial charge on any atom is -0.304 e. The summed E-state index contributed by atoms with van der Waals surface area (Å²) < 4.78 is 90.2. The van der Waals surface area contributed by atoms with Crippen LogP contribution in [0.25, 0.3) is 0 Å². The number of benzene rings is 1. The van der Waals surface area contributed by atoms with Crippen LogP contribution in [0.3, 0.4) is 0 Å². The molecule has 0 bridgehead atoms. The van der Waals surface area contributed by atoms with Gasteiger partial charge < -0.3 is 5.32 Å². The molecule has 9 heteroatoms. The molecule has 1 unspecified atom stereocenters. The lowest BCUT2D eigenvalue weighted by Crippen LogP contribution is -2.58. The molecule has 0 spiro atoms. The number of hydrogen-bond donors (Lipinski definition) is 1. The fourth-order valence-electron chi connectivity index (χ4n) is 2.20. The number of halogens is 8. The Bertz CT molecular complexity index is 501. The molecular formula is C12H11ClF7N. The molecule has 0 aromatic heterocycles. The van der Waals surface area contributed by atoms with E-state index in [-0.39, 0.29) is 24.5 Å². The van der Waals surface area contributed by atoms with Crippen molar-refractivity contribution in [3.8, 4) is 0 Å². The highest BCUT2D eigenvalue weighted by atomic mass is 35.5. The molecule has 0 aliphatic carbocycles. The van der Waals surface area contributed by atoms with Crippen LogP contribution in [0.2, 0.25) is 0 Å². The molecule has 2 rings (SSSR count). The van der Waals surface area contributed by atoms with Crippen molar-refractivity contribution in [2.45, 2.75) is 30.5 Å². The Labute approximate surface area is 121 Å². The average molecular weight is 338 g/mol. The SMILES string of the molecule is Cl.FC(F)(F)C(F)(F)C(F)(F)C1NCCc2ccccc21. The molecule has 1 aromatic carbocycles. The van der Waals surface area contributed by atoms with Gasteiger partial charge >= 0.3 is 18.0 Å². The van der Waals surface area contributed by atoms with E-state index in [1.807, 2.05) is 0 Å². The lowest BCUT2D eigenvalue weighted by atomic mass is 9.88. The highest BCUT2D eigenvalue weighted by Crippen LogP contribution is 2.52. The summed E-state index contributed by atoms with van der Waals surface area (Å²) in [4.78, 5) is 0. The maximum atomic E-state index is 13.7. The normalized spacial score (nSPS) is 19.7. The maximum absolute atomic E-state index is 13.7. The highest BCUT2D eigenvalue weighted by molar-refractivity contribution is 5.85. The van der Waals surface area contributed by atoms with Crippen LogP contribution in [0.15, 0.2) is 24.3 Å². The Morgan fingerprint density at radius 3 is 2.10 bits per heavy atom. The molecule has 1 aromatic rings. The average Bonchev–Trinajstić information content (AvgIpc) is 2.36. The van der Waals surface area contributed by atoms with E-state index in [2.05, 4.69) is 5.32 Å². The minimum atomic E-state index is -6.31. The van der Waals surface area contributed by atoms with Crippen LogP contribution in [0.4, 0.5) is 30.7 Å². The lowest BCUT2D eigenvalue weighted by molar-refractivity contribution is -0.361. The van der Waals surface area contributed by atoms with Gasteiger partial charge in [0.15, 0.2) is 0 Å². The topological polar surface area (TPSA) is 12.0 Å². The molecular weight excluding hydrogens is 327 g/mol. The molecule has 21 heavy (non-hydrogen) atoms. The third-order valence-corrected chi connectivity index (χ3v) is 3.25. The summed E-state index contributed by atoms with van der Waals surface area (Å²) in [6.07, 6.45) is -6.02. The zero-order chi connectivity index (χ0) is 15.2. The molecule has 1 heterocycles. The van der Waals surface area contributed by atoms with E-state index in [4.69, 9.17) is 0 Å². The van der Waals surface area contributed by atoms with E-state index in [0.717, 1.165) is 6.07 Å². The third-order valence-electron chi connectivity index (χ3n) is 3.25. The number of rotatable bonds is 2. The van der Waals surface area contributed by atoms with E-state index in [0.29, 0.717) is 12.0 Å². The number of fused-ring (bicyclic) bond motifs is 1. The molecule has 0 saturated carbocycles. The molecule has 120 valence electrons. The van der Waals surface area contributed by atoms with Gasteiger partial charge in [-0.2, -0.15) is 30.7 Å². The van der Waals surface area contributed by atoms with Crippen LogP contribution in [0.1, 0.15) is 17.2 Å². The van der Waals surface area contributed by atoms with Crippen LogP contribution in [0.5, 0.6) is 0 Å². The summed E-state index contributed by atoms with van der Waals surface area (Å²) in [6, 6.07) is 3.03. The van der Waals surface area contributed by atoms with E-state index in [1.54, 1.807) is 0 Å². The van der Waals surface area contributed by atoms with Crippen LogP contribution in [-0.4, -0.2) is 24.6 Å². The lowest BCUT2D eigenvalue weighted by Gasteiger charge is -2.37. The van der Waals surface area contributed by atoms with Gasteiger partial charge in [0.2, 0.25) is 0 Å². The second-order valence-electron chi connectivity index (χ2n) is 4.53. The standard InChI is InChI=1S/C12H10F7N.ClH/c13-10(14,11(15,16)12(17,18)19)9-8-4-2-1-3-7(8)5-6-20-9;/h1-4,9,20H,5-6H2;1H. The Balaban J connectivity index is 0.00000220. The molecule has 0 radical (unpaired) electrons. The Morgan fingerprint density at radius 1 is 0.952 bits per heavy atom. The quantitative estimate of drug-likeness (QED) is 0.800. The Morgan fingerprint density at radius 2 is 1.52 bits per heavy atom. The first-order valence-electron chi connectivity index (χ1n) is 5.72. The van der Waals surface area contributed by atoms with Crippen molar-refractivity contribution < 1.29 is 30.7 Å². The van der Waals surface area contributed by atoms with Crippen molar-refractivity contribution in [2.75, 3.05) is 6.54 Å². The van der Waals surface area contributed by atoms with Crippen molar-refractivity contribution >= 4 is 12.4 Å². The van der Waals surface area contributed by atoms with E-state index in [1.165, 1.54) is 18.2 Å². The molecule has 0 saturated heterocycles. The minimum absolute atomic E-state index is 0. The van der Waals surface area contributed by atoms with Gasteiger partial charge in [-0.25, -0.2) is 0 Å². The van der Waals surface area contributed by atoms with Crippen molar-refractivity contribution in [2.24, 2.45) is 0 Å². The van der Waals surface area contributed by atoms with Gasteiger partial charge in [-0.3, -0.25) is 0 Å². The molecule has 0 amide bonds. The molecule has 0 fully saturated rings. The molecule has 1 aliphatic heterocycles. The molecule has 1 nitrogen and oxygen atoms in total. The second kappa shape index (κ2) is 5.64. The summed E-state index contributed by atoms with van der Waals surface area (Å²) in [6.45, 7) is -0.0921. The summed E-state index contributed by atoms with van der Waals surface area (Å²) in [5.74, 6) is -11.4. The largest absolute Gasteiger partial charge is 0.459 e. The van der Waals surface area contributed by atoms with Crippen molar-refractivity contribution in [3.05, 3.63) is 35.4 Å². The van der Waals surface area contributed by atoms with Gasteiger partial charge in [-0.05, 0) is 24.1 Å². The van der Waals surface area contributed by atoms with Crippen LogP contribution in [0, 0.1) is 0 Å². The van der Waals surface area contributed by atoms with E-state index in [9.17, 15) is 30.7 Å². The van der Waals surface area contributed by atoms with Crippen molar-refractivity contribution in [1.29, 1.82) is 0 Å². The summed E-state index contributed by atoms with van der Waals surface area (Å²) in [5, 5.41) is 2.06. The zero-order valence-corrected chi connectivity index (χ0v) is 11.2. The predicted octanol–water partition coefficient (Wildman–Crippen LogP) is 4.13. The van der Waals surface area contributed by atoms with Crippen molar-refractivity contribution in [1.82, 2.24) is 5.32 Å². The number of hydrogen-bond acceptors (Lipinski definition) is 1. The van der Waals surface area contributed by atoms with Gasteiger partial charge in [0, 0.05) is 0 Å². The molecule has 1 aliphatic rings. The molecule has 1 N–H and O–H groups in total. The Kier molecular flexibility index (Phi) is 4.84. The first-order chi connectivity index (χ1) is 9.09. The highest BCUT2D eigenvalue weighted by Gasteiger charge is 2.75. The smallest absolute Gasteiger partial charge is 0.304 e. The first-order valence-corrected chi connectivity index (χ1v) is 5.72. The van der Waals surface area contributed by atoms with E-state index < -0.39 is 24.1 Å². The maximum Gasteiger partial charge on any atom is 0.459 e. The summed E-state index contributed by atoms with van der Waals surface area (Å²) in [5.41, 5.74) is 0.113. The summed E-state index contributed by atoms with van der Waals surface area (Å²) in [7, 11) is 0. The van der Waals surface area contributed by atoms with E-state index >= 15 is 0 Å². The van der Waals surface area contributed by atoms with Crippen LogP contribution >= 0.6 is 12.4 Å². The summed E-state index contributed by atoms with van der Waals surface area (Å²) >= 11 is 0. The fraction of sp³-hybridized carbons (Fsp3) is 0.500. The molecule has 1 atom stereocenters. The fourth-order valence-corrected chi connectivity index (χ4v) is 2.20. The monoisotopic (exact) mass is 337 g/mol. The van der Waals surface area contributed by atoms with Gasteiger partial charge in [-0.15, -0.1) is 12.4 Å². The van der Waals surface area contributed by atoms with Gasteiger partial charge in [0.25, 0.3) is 0 Å². The van der Waals surface area contributed by atoms with Gasteiger partial charge in [0.05, 0.1) is 0 Å². The third kappa shape index (κ3) is 2.83. The van der Waals surface area contributed by atoms with Crippen LogP contribution in [-0.2, 0) is 6.42 Å². The number of nitrogens with one attached hydrogen (secondary N) is 1. The number of alkyl halides is 7. The van der Waals surface area contributed by atoms with Gasteiger partial charge in [-0.1, -0.05) is 24.3 Å². The van der Waals surface area contributed by atoms with Crippen molar-refractivity contribution in [3.63, 3.8) is 0 Å². The first kappa shape index (κ1) is 18.0. The predicted molar refractivity (Wildman–Crippen MR) is 64.1 cm³/mol.